The van der Waals surface area contributed by atoms with Crippen molar-refractivity contribution in [3.8, 4) is 22.4 Å². The molecule has 3 heterocycles. The zero-order chi connectivity index (χ0) is 21.9. The van der Waals surface area contributed by atoms with Crippen molar-refractivity contribution in [2.45, 2.75) is 26.2 Å². The number of fused-ring (bicyclic) bond motifs is 2. The molecule has 0 aliphatic heterocycles. The van der Waals surface area contributed by atoms with Crippen LogP contribution in [0.15, 0.2) is 36.7 Å². The Kier molecular flexibility index (Phi) is 4.28. The van der Waals surface area contributed by atoms with Gasteiger partial charge in [-0.15, -0.1) is 0 Å². The minimum atomic E-state index is -1.21. The summed E-state index contributed by atoms with van der Waals surface area (Å²) >= 11 is 0. The van der Waals surface area contributed by atoms with E-state index in [2.05, 4.69) is 15.0 Å². The number of hydrogen-bond donors (Lipinski definition) is 3. The second-order valence-corrected chi connectivity index (χ2v) is 7.96. The maximum Gasteiger partial charge on any atom is 0.352 e. The van der Waals surface area contributed by atoms with Crippen molar-refractivity contribution in [2.75, 3.05) is 0 Å². The molecule has 0 atom stereocenters. The van der Waals surface area contributed by atoms with Gasteiger partial charge in [0.1, 0.15) is 17.3 Å². The van der Waals surface area contributed by atoms with Crippen molar-refractivity contribution in [1.29, 1.82) is 0 Å². The van der Waals surface area contributed by atoms with E-state index < -0.39 is 17.6 Å². The highest BCUT2D eigenvalue weighted by molar-refractivity contribution is 6.03. The average Bonchev–Trinajstić information content (AvgIpc) is 3.44. The predicted molar refractivity (Wildman–Crippen MR) is 115 cm³/mol. The summed E-state index contributed by atoms with van der Waals surface area (Å²) in [6.45, 7) is 3.81. The number of carboxylic acid groups (broad SMARTS) is 1. The molecular formula is C24H19F2N3O2. The number of carboxylic acids is 1. The van der Waals surface area contributed by atoms with Crippen LogP contribution in [0.4, 0.5) is 8.78 Å². The summed E-state index contributed by atoms with van der Waals surface area (Å²) in [7, 11) is 0. The minimum absolute atomic E-state index is 0.126. The number of halogens is 2. The molecule has 0 amide bonds. The van der Waals surface area contributed by atoms with Crippen molar-refractivity contribution in [2.24, 2.45) is 0 Å². The topological polar surface area (TPSA) is 81.8 Å². The third kappa shape index (κ3) is 2.88. The normalized spacial score (nSPS) is 12.8. The smallest absolute Gasteiger partial charge is 0.352 e. The molecule has 31 heavy (non-hydrogen) atoms. The summed E-state index contributed by atoms with van der Waals surface area (Å²) in [6.07, 6.45) is 7.05. The first-order chi connectivity index (χ1) is 14.9. The molecule has 1 aromatic carbocycles. The quantitative estimate of drug-likeness (QED) is 0.386. The summed E-state index contributed by atoms with van der Waals surface area (Å²) in [5, 5.41) is 10.7. The van der Waals surface area contributed by atoms with Gasteiger partial charge >= 0.3 is 5.97 Å². The van der Waals surface area contributed by atoms with Gasteiger partial charge in [-0.2, -0.15) is 0 Å². The Hall–Kier alpha value is -3.74. The number of H-pyrrole nitrogens is 2. The molecular weight excluding hydrogens is 400 g/mol. The summed E-state index contributed by atoms with van der Waals surface area (Å²) < 4.78 is 29.5. The van der Waals surface area contributed by atoms with Crippen molar-refractivity contribution in [3.63, 3.8) is 0 Å². The lowest BCUT2D eigenvalue weighted by Gasteiger charge is -2.15. The number of nitrogens with one attached hydrogen (secondary N) is 2. The molecule has 7 heteroatoms. The van der Waals surface area contributed by atoms with Crippen LogP contribution in [0.3, 0.4) is 0 Å². The van der Waals surface area contributed by atoms with E-state index in [4.69, 9.17) is 0 Å². The first-order valence-electron chi connectivity index (χ1n) is 9.97. The van der Waals surface area contributed by atoms with E-state index in [-0.39, 0.29) is 22.7 Å². The Labute approximate surface area is 176 Å². The standard InChI is InChI=1S/C24H19F2N3O2/c1-11(2)19-21(20-14-4-3-5-17(14)28-10-16(20)26)23(24(30)31)29-22(19)15-8-12(25)9-18-13(15)6-7-27-18/h3-4,6-11,27,29H,5H2,1-2H3,(H,30,31). The maximum atomic E-state index is 15.1. The maximum absolute atomic E-state index is 15.1. The van der Waals surface area contributed by atoms with Crippen molar-refractivity contribution >= 4 is 22.9 Å². The summed E-state index contributed by atoms with van der Waals surface area (Å²) in [5.74, 6) is -2.42. The third-order valence-corrected chi connectivity index (χ3v) is 5.73. The van der Waals surface area contributed by atoms with Crippen LogP contribution in [0.5, 0.6) is 0 Å². The number of hydrogen-bond acceptors (Lipinski definition) is 2. The fourth-order valence-electron chi connectivity index (χ4n) is 4.49. The Morgan fingerprint density at radius 3 is 2.77 bits per heavy atom. The van der Waals surface area contributed by atoms with E-state index in [0.717, 1.165) is 11.6 Å². The molecule has 1 aliphatic rings. The average molecular weight is 419 g/mol. The number of aromatic nitrogens is 3. The number of benzene rings is 1. The van der Waals surface area contributed by atoms with Gasteiger partial charge in [0, 0.05) is 45.8 Å². The van der Waals surface area contributed by atoms with Crippen LogP contribution in [-0.4, -0.2) is 26.0 Å². The number of aromatic carboxylic acids is 1. The van der Waals surface area contributed by atoms with Gasteiger partial charge < -0.3 is 15.1 Å². The summed E-state index contributed by atoms with van der Waals surface area (Å²) in [6, 6.07) is 4.56. The summed E-state index contributed by atoms with van der Waals surface area (Å²) in [4.78, 5) is 22.4. The second kappa shape index (κ2) is 6.91. The number of allylic oxidation sites excluding steroid dienone is 1. The van der Waals surface area contributed by atoms with Crippen LogP contribution in [-0.2, 0) is 6.42 Å². The lowest BCUT2D eigenvalue weighted by molar-refractivity contribution is 0.0692. The molecule has 5 rings (SSSR count). The third-order valence-electron chi connectivity index (χ3n) is 5.73. The van der Waals surface area contributed by atoms with Crippen LogP contribution < -0.4 is 0 Å². The zero-order valence-corrected chi connectivity index (χ0v) is 16.9. The molecule has 0 fully saturated rings. The Bertz CT molecular complexity index is 1400. The number of rotatable bonds is 4. The highest BCUT2D eigenvalue weighted by atomic mass is 19.1. The Balaban J connectivity index is 1.91. The van der Waals surface area contributed by atoms with Gasteiger partial charge in [-0.25, -0.2) is 13.6 Å². The molecule has 0 saturated heterocycles. The van der Waals surface area contributed by atoms with Crippen molar-refractivity contribution in [3.05, 3.63) is 70.8 Å². The Morgan fingerprint density at radius 1 is 1.23 bits per heavy atom. The molecule has 0 unspecified atom stereocenters. The SMILES string of the molecule is CC(C)c1c(-c2cc(F)cc3[nH]ccc23)[nH]c(C(=O)O)c1-c1c(F)cnc2c1C=CC2. The van der Waals surface area contributed by atoms with E-state index in [9.17, 15) is 14.3 Å². The van der Waals surface area contributed by atoms with E-state index in [1.165, 1.54) is 12.1 Å². The van der Waals surface area contributed by atoms with Gasteiger partial charge in [-0.05, 0) is 29.7 Å². The van der Waals surface area contributed by atoms with Gasteiger partial charge in [0.15, 0.2) is 0 Å². The second-order valence-electron chi connectivity index (χ2n) is 7.96. The van der Waals surface area contributed by atoms with Crippen molar-refractivity contribution in [1.82, 2.24) is 15.0 Å². The molecule has 156 valence electrons. The molecule has 0 saturated carbocycles. The molecule has 5 nitrogen and oxygen atoms in total. The Morgan fingerprint density at radius 2 is 2.03 bits per heavy atom. The van der Waals surface area contributed by atoms with Crippen LogP contribution >= 0.6 is 0 Å². The van der Waals surface area contributed by atoms with Crippen LogP contribution in [0.25, 0.3) is 39.4 Å². The van der Waals surface area contributed by atoms with Gasteiger partial charge in [0.2, 0.25) is 0 Å². The first kappa shape index (κ1) is 19.2. The monoisotopic (exact) mass is 419 g/mol. The van der Waals surface area contributed by atoms with E-state index in [1.807, 2.05) is 26.0 Å². The number of pyridine rings is 1. The zero-order valence-electron chi connectivity index (χ0n) is 16.9. The fraction of sp³-hybridized carbons (Fsp3) is 0.167. The predicted octanol–water partition coefficient (Wildman–Crippen LogP) is 5.89. The highest BCUT2D eigenvalue weighted by Gasteiger charge is 2.30. The number of carbonyl (C=O) groups is 1. The first-order valence-corrected chi connectivity index (χ1v) is 9.97. The van der Waals surface area contributed by atoms with E-state index in [0.29, 0.717) is 40.0 Å². The lowest BCUT2D eigenvalue weighted by atomic mass is 9.88. The fourth-order valence-corrected chi connectivity index (χ4v) is 4.49. The molecule has 0 bridgehead atoms. The van der Waals surface area contributed by atoms with Crippen LogP contribution in [0.2, 0.25) is 0 Å². The molecule has 0 radical (unpaired) electrons. The molecule has 4 aromatic rings. The van der Waals surface area contributed by atoms with Gasteiger partial charge in [-0.1, -0.05) is 26.0 Å². The van der Waals surface area contributed by atoms with E-state index >= 15 is 4.39 Å². The largest absolute Gasteiger partial charge is 0.477 e. The van der Waals surface area contributed by atoms with Crippen LogP contribution in [0, 0.1) is 11.6 Å². The lowest BCUT2D eigenvalue weighted by Crippen LogP contribution is -2.04. The number of nitrogens with zero attached hydrogens (tertiary/aromatic N) is 1. The molecule has 3 aromatic heterocycles. The van der Waals surface area contributed by atoms with Gasteiger partial charge in [0.25, 0.3) is 0 Å². The summed E-state index contributed by atoms with van der Waals surface area (Å²) in [5.41, 5.74) is 3.87. The van der Waals surface area contributed by atoms with Gasteiger partial charge in [0.05, 0.1) is 17.6 Å². The molecule has 3 N–H and O–H groups in total. The highest BCUT2D eigenvalue weighted by Crippen LogP contribution is 2.45. The van der Waals surface area contributed by atoms with E-state index in [1.54, 1.807) is 12.3 Å². The van der Waals surface area contributed by atoms with Crippen molar-refractivity contribution < 1.29 is 18.7 Å². The minimum Gasteiger partial charge on any atom is -0.477 e. The van der Waals surface area contributed by atoms with Gasteiger partial charge in [-0.3, -0.25) is 4.98 Å². The van der Waals surface area contributed by atoms with Crippen LogP contribution in [0.1, 0.15) is 47.1 Å². The molecule has 0 spiro atoms. The number of aromatic amines is 2. The molecule has 1 aliphatic carbocycles.